The van der Waals surface area contributed by atoms with Crippen molar-refractivity contribution in [3.8, 4) is 11.1 Å². The van der Waals surface area contributed by atoms with Crippen LogP contribution in [0.25, 0.3) is 33.1 Å². The monoisotopic (exact) mass is 611 g/mol. The highest BCUT2D eigenvalue weighted by molar-refractivity contribution is 6.76. The van der Waals surface area contributed by atoms with Crippen LogP contribution in [-0.4, -0.2) is 46.2 Å². The predicted octanol–water partition coefficient (Wildman–Crippen LogP) is 8.25. The standard InChI is InChI=1S/C35H45N5O3Si/c1-42-23-26-9-8-10-27(19-26)28-14-16-32-30(21-28)34(38-39(32)24-43-17-18-44(2,3)4)37-35-36-31-20-25(22-41)13-15-33(31)40(35)29-11-6-5-7-12-29/h8-10,13-16,19-21,29,41H,5-7,11-12,17-18,22-24H2,1-4H3,(H,36,37,38). The third kappa shape index (κ3) is 6.76. The molecule has 0 atom stereocenters. The van der Waals surface area contributed by atoms with Gasteiger partial charge in [0.05, 0.1) is 29.8 Å². The molecule has 0 bridgehead atoms. The number of aromatic nitrogens is 4. The molecule has 1 saturated carbocycles. The highest BCUT2D eigenvalue weighted by Gasteiger charge is 2.23. The maximum atomic E-state index is 9.80. The Morgan fingerprint density at radius 1 is 0.932 bits per heavy atom. The van der Waals surface area contributed by atoms with Gasteiger partial charge in [0.1, 0.15) is 6.73 Å². The largest absolute Gasteiger partial charge is 0.392 e. The van der Waals surface area contributed by atoms with Crippen LogP contribution in [-0.2, 0) is 29.4 Å². The zero-order valence-electron chi connectivity index (χ0n) is 26.5. The van der Waals surface area contributed by atoms with Crippen LogP contribution in [0.3, 0.4) is 0 Å². The van der Waals surface area contributed by atoms with Crippen LogP contribution in [0.2, 0.25) is 25.7 Å². The zero-order valence-corrected chi connectivity index (χ0v) is 27.5. The number of ether oxygens (including phenoxy) is 2. The van der Waals surface area contributed by atoms with E-state index in [1.54, 1.807) is 7.11 Å². The molecule has 0 unspecified atom stereocenters. The van der Waals surface area contributed by atoms with Crippen LogP contribution in [0, 0.1) is 0 Å². The minimum Gasteiger partial charge on any atom is -0.392 e. The van der Waals surface area contributed by atoms with E-state index in [0.29, 0.717) is 19.4 Å². The molecular formula is C35H45N5O3Si. The Morgan fingerprint density at radius 3 is 2.50 bits per heavy atom. The molecule has 6 rings (SSSR count). The number of nitrogens with zero attached hydrogens (tertiary/aromatic N) is 4. The summed E-state index contributed by atoms with van der Waals surface area (Å²) in [5.41, 5.74) is 7.24. The second-order valence-electron chi connectivity index (χ2n) is 13.3. The molecule has 2 aromatic heterocycles. The summed E-state index contributed by atoms with van der Waals surface area (Å²) in [6.07, 6.45) is 5.97. The fraction of sp³-hybridized carbons (Fsp3) is 0.429. The molecule has 0 saturated heterocycles. The number of hydrogen-bond acceptors (Lipinski definition) is 6. The third-order valence-corrected chi connectivity index (χ3v) is 10.3. The molecule has 1 fully saturated rings. The van der Waals surface area contributed by atoms with Gasteiger partial charge < -0.3 is 24.5 Å². The Kier molecular flexibility index (Phi) is 9.18. The SMILES string of the molecule is COCc1cccc(-c2ccc3c(c2)c(Nc2nc4cc(CO)ccc4n2C2CCCCC2)nn3COCC[Si](C)(C)C)c1. The van der Waals surface area contributed by atoms with E-state index >= 15 is 0 Å². The molecule has 8 nitrogen and oxygen atoms in total. The normalized spacial score (nSPS) is 14.6. The molecule has 0 radical (unpaired) electrons. The van der Waals surface area contributed by atoms with Gasteiger partial charge in [-0.1, -0.05) is 69.2 Å². The molecule has 0 aliphatic heterocycles. The molecule has 3 aromatic carbocycles. The Bertz CT molecular complexity index is 1730. The number of imidazole rings is 1. The first-order chi connectivity index (χ1) is 21.3. The van der Waals surface area contributed by atoms with Gasteiger partial charge in [0.15, 0.2) is 5.82 Å². The van der Waals surface area contributed by atoms with E-state index in [9.17, 15) is 5.11 Å². The third-order valence-electron chi connectivity index (χ3n) is 8.64. The van der Waals surface area contributed by atoms with Crippen LogP contribution >= 0.6 is 0 Å². The van der Waals surface area contributed by atoms with Gasteiger partial charge in [-0.15, -0.1) is 0 Å². The van der Waals surface area contributed by atoms with Gasteiger partial charge in [0.2, 0.25) is 5.95 Å². The predicted molar refractivity (Wildman–Crippen MR) is 181 cm³/mol. The molecule has 1 aliphatic rings. The summed E-state index contributed by atoms with van der Waals surface area (Å²) in [5.74, 6) is 1.55. The van der Waals surface area contributed by atoms with Gasteiger partial charge in [0.25, 0.3) is 0 Å². The first-order valence-electron chi connectivity index (χ1n) is 15.9. The number of methoxy groups -OCH3 is 1. The van der Waals surface area contributed by atoms with Crippen LogP contribution < -0.4 is 5.32 Å². The van der Waals surface area contributed by atoms with Crippen LogP contribution in [0.5, 0.6) is 0 Å². The molecule has 0 amide bonds. The van der Waals surface area contributed by atoms with Crippen LogP contribution in [0.1, 0.15) is 49.3 Å². The van der Waals surface area contributed by atoms with Crippen molar-refractivity contribution in [2.45, 2.75) is 83.8 Å². The number of rotatable bonds is 12. The van der Waals surface area contributed by atoms with Crippen molar-refractivity contribution >= 4 is 41.8 Å². The number of hydrogen-bond donors (Lipinski definition) is 2. The lowest BCUT2D eigenvalue weighted by atomic mass is 9.95. The van der Waals surface area contributed by atoms with Crippen molar-refractivity contribution < 1.29 is 14.6 Å². The summed E-state index contributed by atoms with van der Waals surface area (Å²) >= 11 is 0. The number of aliphatic hydroxyl groups excluding tert-OH is 1. The number of anilines is 2. The highest BCUT2D eigenvalue weighted by Crippen LogP contribution is 2.37. The number of nitrogens with one attached hydrogen (secondary N) is 1. The zero-order chi connectivity index (χ0) is 30.7. The van der Waals surface area contributed by atoms with Gasteiger partial charge in [-0.25, -0.2) is 9.67 Å². The lowest BCUT2D eigenvalue weighted by Gasteiger charge is -2.25. The minimum absolute atomic E-state index is 0.00387. The highest BCUT2D eigenvalue weighted by atomic mass is 28.3. The topological polar surface area (TPSA) is 86.4 Å². The Morgan fingerprint density at radius 2 is 1.73 bits per heavy atom. The molecule has 44 heavy (non-hydrogen) atoms. The van der Waals surface area contributed by atoms with Crippen LogP contribution in [0.15, 0.2) is 60.7 Å². The summed E-state index contributed by atoms with van der Waals surface area (Å²) in [4.78, 5) is 5.07. The molecule has 5 aromatic rings. The number of aliphatic hydroxyl groups is 1. The lowest BCUT2D eigenvalue weighted by molar-refractivity contribution is 0.0819. The smallest absolute Gasteiger partial charge is 0.209 e. The maximum absolute atomic E-state index is 9.80. The molecule has 2 heterocycles. The van der Waals surface area contributed by atoms with Gasteiger partial charge in [0, 0.05) is 33.2 Å². The maximum Gasteiger partial charge on any atom is 0.209 e. The van der Waals surface area contributed by atoms with Gasteiger partial charge in [-0.05, 0) is 71.5 Å². The summed E-state index contributed by atoms with van der Waals surface area (Å²) in [6, 6.07) is 22.6. The average Bonchev–Trinajstić information content (AvgIpc) is 3.56. The van der Waals surface area contributed by atoms with Gasteiger partial charge in [-0.2, -0.15) is 5.10 Å². The fourth-order valence-corrected chi connectivity index (χ4v) is 6.99. The average molecular weight is 612 g/mol. The Hall–Kier alpha value is -3.50. The van der Waals surface area contributed by atoms with Crippen molar-refractivity contribution in [2.24, 2.45) is 0 Å². The number of benzene rings is 3. The molecule has 9 heteroatoms. The second-order valence-corrected chi connectivity index (χ2v) is 18.9. The van der Waals surface area contributed by atoms with Crippen molar-refractivity contribution in [1.29, 1.82) is 0 Å². The van der Waals surface area contributed by atoms with Crippen molar-refractivity contribution in [3.63, 3.8) is 0 Å². The van der Waals surface area contributed by atoms with Gasteiger partial charge in [-0.3, -0.25) is 0 Å². The van der Waals surface area contributed by atoms with Crippen LogP contribution in [0.4, 0.5) is 11.8 Å². The van der Waals surface area contributed by atoms with E-state index in [0.717, 1.165) is 81.4 Å². The molecule has 232 valence electrons. The molecular weight excluding hydrogens is 567 g/mol. The quantitative estimate of drug-likeness (QED) is 0.109. The summed E-state index contributed by atoms with van der Waals surface area (Å²) < 4.78 is 15.9. The second kappa shape index (κ2) is 13.2. The number of fused-ring (bicyclic) bond motifs is 2. The fourth-order valence-electron chi connectivity index (χ4n) is 6.23. The molecule has 2 N–H and O–H groups in total. The minimum atomic E-state index is -1.20. The lowest BCUT2D eigenvalue weighted by Crippen LogP contribution is -2.22. The first kappa shape index (κ1) is 30.5. The molecule has 1 aliphatic carbocycles. The van der Waals surface area contributed by atoms with E-state index in [-0.39, 0.29) is 6.61 Å². The van der Waals surface area contributed by atoms with Crippen molar-refractivity contribution in [1.82, 2.24) is 19.3 Å². The first-order valence-corrected chi connectivity index (χ1v) is 19.6. The van der Waals surface area contributed by atoms with E-state index in [1.807, 2.05) is 16.8 Å². The van der Waals surface area contributed by atoms with Crippen molar-refractivity contribution in [2.75, 3.05) is 19.0 Å². The summed E-state index contributed by atoms with van der Waals surface area (Å²) in [5, 5.41) is 19.6. The van der Waals surface area contributed by atoms with E-state index in [1.165, 1.54) is 19.3 Å². The van der Waals surface area contributed by atoms with E-state index < -0.39 is 8.07 Å². The van der Waals surface area contributed by atoms with Gasteiger partial charge >= 0.3 is 0 Å². The van der Waals surface area contributed by atoms with E-state index in [4.69, 9.17) is 19.6 Å². The summed E-state index contributed by atoms with van der Waals surface area (Å²) in [7, 11) is 0.525. The van der Waals surface area contributed by atoms with Crippen molar-refractivity contribution in [3.05, 3.63) is 71.8 Å². The summed E-state index contributed by atoms with van der Waals surface area (Å²) in [6.45, 7) is 8.80. The Balaban J connectivity index is 1.42. The Labute approximate surface area is 261 Å². The molecule has 0 spiro atoms. The van der Waals surface area contributed by atoms with E-state index in [2.05, 4.69) is 78.1 Å².